The van der Waals surface area contributed by atoms with Crippen molar-refractivity contribution in [1.29, 1.82) is 0 Å². The normalized spacial score (nSPS) is 15.5. The topological polar surface area (TPSA) is 130 Å². The van der Waals surface area contributed by atoms with E-state index in [1.165, 1.54) is 6.21 Å². The van der Waals surface area contributed by atoms with Crippen molar-refractivity contribution in [1.82, 2.24) is 0 Å². The number of aliphatic hydroxyl groups is 4. The van der Waals surface area contributed by atoms with Crippen LogP contribution in [0.1, 0.15) is 0 Å². The van der Waals surface area contributed by atoms with Gasteiger partial charge in [0.05, 0.1) is 24.2 Å². The molecule has 0 heterocycles. The van der Waals surface area contributed by atoms with E-state index in [2.05, 4.69) is 21.1 Å². The SMILES string of the molecule is OC[C@@H](O)[C@@H](O)[C@H](O)C(C=NNc1ccccc1)=NNc1ccccc1. The average molecular weight is 358 g/mol. The first-order valence-corrected chi connectivity index (χ1v) is 7.99. The Morgan fingerprint density at radius 2 is 1.42 bits per heavy atom. The molecule has 0 bridgehead atoms. The van der Waals surface area contributed by atoms with Crippen LogP contribution in [0, 0.1) is 0 Å². The lowest BCUT2D eigenvalue weighted by atomic mass is 10.0. The number of hydrazone groups is 2. The van der Waals surface area contributed by atoms with Gasteiger partial charge in [0.25, 0.3) is 0 Å². The molecule has 0 saturated heterocycles. The van der Waals surface area contributed by atoms with Gasteiger partial charge < -0.3 is 20.4 Å². The van der Waals surface area contributed by atoms with Crippen molar-refractivity contribution in [3.05, 3.63) is 60.7 Å². The standard InChI is InChI=1S/C18H22N4O4/c23-12-16(24)18(26)17(25)15(22-21-14-9-5-2-6-10-14)11-19-20-13-7-3-1-4-8-13/h1-11,16-18,20-21,23-26H,12H2/t16-,17-,18-/m1/s1. The highest BCUT2D eigenvalue weighted by Gasteiger charge is 2.27. The summed E-state index contributed by atoms with van der Waals surface area (Å²) in [6, 6.07) is 18.1. The van der Waals surface area contributed by atoms with E-state index in [1.807, 2.05) is 36.4 Å². The van der Waals surface area contributed by atoms with Crippen molar-refractivity contribution in [3.8, 4) is 0 Å². The molecule has 0 spiro atoms. The van der Waals surface area contributed by atoms with Crippen LogP contribution in [0.3, 0.4) is 0 Å². The number of aliphatic hydroxyl groups excluding tert-OH is 4. The Bertz CT molecular complexity index is 710. The minimum absolute atomic E-state index is 0.0303. The minimum Gasteiger partial charge on any atom is -0.394 e. The van der Waals surface area contributed by atoms with Gasteiger partial charge in [-0.1, -0.05) is 36.4 Å². The first-order chi connectivity index (χ1) is 12.6. The van der Waals surface area contributed by atoms with Gasteiger partial charge in [-0.05, 0) is 24.3 Å². The highest BCUT2D eigenvalue weighted by atomic mass is 16.4. The third-order valence-corrected chi connectivity index (χ3v) is 3.46. The zero-order valence-corrected chi connectivity index (χ0v) is 14.0. The molecule has 0 aliphatic rings. The number of nitrogens with zero attached hydrogens (tertiary/aromatic N) is 2. The minimum atomic E-state index is -1.63. The maximum Gasteiger partial charge on any atom is 0.128 e. The molecule has 26 heavy (non-hydrogen) atoms. The van der Waals surface area contributed by atoms with Gasteiger partial charge in [-0.3, -0.25) is 10.9 Å². The van der Waals surface area contributed by atoms with Gasteiger partial charge in [0.15, 0.2) is 0 Å². The van der Waals surface area contributed by atoms with E-state index in [0.717, 1.165) is 5.69 Å². The summed E-state index contributed by atoms with van der Waals surface area (Å²) in [5, 5.41) is 46.7. The summed E-state index contributed by atoms with van der Waals surface area (Å²) >= 11 is 0. The summed E-state index contributed by atoms with van der Waals surface area (Å²) in [6.07, 6.45) is -3.47. The van der Waals surface area contributed by atoms with E-state index in [4.69, 9.17) is 5.11 Å². The van der Waals surface area contributed by atoms with E-state index >= 15 is 0 Å². The van der Waals surface area contributed by atoms with Crippen molar-refractivity contribution in [2.75, 3.05) is 17.5 Å². The quantitative estimate of drug-likeness (QED) is 0.288. The number of anilines is 2. The summed E-state index contributed by atoms with van der Waals surface area (Å²) in [5.41, 5.74) is 6.87. The third kappa shape index (κ3) is 5.94. The number of para-hydroxylation sites is 2. The highest BCUT2D eigenvalue weighted by Crippen LogP contribution is 2.08. The maximum atomic E-state index is 10.2. The molecule has 0 saturated carbocycles. The van der Waals surface area contributed by atoms with Gasteiger partial charge in [-0.2, -0.15) is 10.2 Å². The van der Waals surface area contributed by atoms with Crippen LogP contribution in [0.15, 0.2) is 70.9 Å². The summed E-state index contributed by atoms with van der Waals surface area (Å²) in [5.74, 6) is 0. The van der Waals surface area contributed by atoms with Crippen LogP contribution >= 0.6 is 0 Å². The average Bonchev–Trinajstić information content (AvgIpc) is 2.70. The van der Waals surface area contributed by atoms with Crippen LogP contribution in [0.25, 0.3) is 0 Å². The van der Waals surface area contributed by atoms with Crippen molar-refractivity contribution in [2.45, 2.75) is 18.3 Å². The smallest absolute Gasteiger partial charge is 0.128 e. The van der Waals surface area contributed by atoms with Crippen LogP contribution in [0.4, 0.5) is 11.4 Å². The zero-order valence-electron chi connectivity index (χ0n) is 14.0. The molecule has 0 amide bonds. The van der Waals surface area contributed by atoms with E-state index in [0.29, 0.717) is 5.69 Å². The number of benzene rings is 2. The number of hydrogen-bond acceptors (Lipinski definition) is 8. The molecule has 8 heteroatoms. The van der Waals surface area contributed by atoms with Crippen LogP contribution in [0.5, 0.6) is 0 Å². The molecule has 6 N–H and O–H groups in total. The number of rotatable bonds is 9. The molecule has 0 aliphatic heterocycles. The second-order valence-electron chi connectivity index (χ2n) is 5.44. The third-order valence-electron chi connectivity index (χ3n) is 3.46. The molecule has 0 aliphatic carbocycles. The molecule has 2 aromatic carbocycles. The summed E-state index contributed by atoms with van der Waals surface area (Å²) in [4.78, 5) is 0. The molecular weight excluding hydrogens is 336 g/mol. The summed E-state index contributed by atoms with van der Waals surface area (Å²) in [6.45, 7) is -0.697. The van der Waals surface area contributed by atoms with Crippen LogP contribution in [0.2, 0.25) is 0 Å². The van der Waals surface area contributed by atoms with E-state index in [1.54, 1.807) is 24.3 Å². The summed E-state index contributed by atoms with van der Waals surface area (Å²) < 4.78 is 0. The Kier molecular flexibility index (Phi) is 7.72. The van der Waals surface area contributed by atoms with Crippen LogP contribution in [-0.4, -0.2) is 57.3 Å². The second-order valence-corrected chi connectivity index (χ2v) is 5.44. The first kappa shape index (κ1) is 19.5. The molecular formula is C18H22N4O4. The van der Waals surface area contributed by atoms with Crippen LogP contribution in [-0.2, 0) is 0 Å². The highest BCUT2D eigenvalue weighted by molar-refractivity contribution is 6.33. The summed E-state index contributed by atoms with van der Waals surface area (Å²) in [7, 11) is 0. The molecule has 138 valence electrons. The monoisotopic (exact) mass is 358 g/mol. The Morgan fingerprint density at radius 1 is 0.885 bits per heavy atom. The molecule has 2 aromatic rings. The molecule has 0 fully saturated rings. The van der Waals surface area contributed by atoms with Crippen molar-refractivity contribution in [2.24, 2.45) is 10.2 Å². The van der Waals surface area contributed by atoms with Gasteiger partial charge >= 0.3 is 0 Å². The molecule has 8 nitrogen and oxygen atoms in total. The van der Waals surface area contributed by atoms with Crippen molar-refractivity contribution < 1.29 is 20.4 Å². The predicted octanol–water partition coefficient (Wildman–Crippen LogP) is 0.627. The zero-order chi connectivity index (χ0) is 18.8. The van der Waals surface area contributed by atoms with Gasteiger partial charge in [-0.15, -0.1) is 0 Å². The lowest BCUT2D eigenvalue weighted by molar-refractivity contribution is -0.0548. The number of nitrogens with one attached hydrogen (secondary N) is 2. The molecule has 0 unspecified atom stereocenters. The molecule has 3 atom stereocenters. The van der Waals surface area contributed by atoms with E-state index < -0.39 is 24.9 Å². The fourth-order valence-corrected chi connectivity index (χ4v) is 1.99. The maximum absolute atomic E-state index is 10.2. The van der Waals surface area contributed by atoms with Gasteiger partial charge in [0, 0.05) is 0 Å². The number of hydrogen-bond donors (Lipinski definition) is 6. The Balaban J connectivity index is 2.14. The lowest BCUT2D eigenvalue weighted by Gasteiger charge is -2.21. The fraction of sp³-hybridized carbons (Fsp3) is 0.222. The Labute approximate surface area is 151 Å². The van der Waals surface area contributed by atoms with E-state index in [-0.39, 0.29) is 5.71 Å². The van der Waals surface area contributed by atoms with Gasteiger partial charge in [-0.25, -0.2) is 0 Å². The molecule has 0 aromatic heterocycles. The Hall–Kier alpha value is -2.78. The predicted molar refractivity (Wildman–Crippen MR) is 101 cm³/mol. The lowest BCUT2D eigenvalue weighted by Crippen LogP contribution is -2.44. The van der Waals surface area contributed by atoms with Crippen molar-refractivity contribution >= 4 is 23.3 Å². The van der Waals surface area contributed by atoms with Crippen molar-refractivity contribution in [3.63, 3.8) is 0 Å². The first-order valence-electron chi connectivity index (χ1n) is 7.99. The fourth-order valence-electron chi connectivity index (χ4n) is 1.99. The molecule has 0 radical (unpaired) electrons. The van der Waals surface area contributed by atoms with Gasteiger partial charge in [0.2, 0.25) is 0 Å². The largest absolute Gasteiger partial charge is 0.394 e. The van der Waals surface area contributed by atoms with Crippen LogP contribution < -0.4 is 10.9 Å². The van der Waals surface area contributed by atoms with Gasteiger partial charge in [0.1, 0.15) is 24.0 Å². The van der Waals surface area contributed by atoms with E-state index in [9.17, 15) is 15.3 Å². The molecule has 2 rings (SSSR count). The Morgan fingerprint density at radius 3 is 1.96 bits per heavy atom. The second kappa shape index (κ2) is 10.3.